The van der Waals surface area contributed by atoms with Crippen LogP contribution < -0.4 is 4.90 Å². The summed E-state index contributed by atoms with van der Waals surface area (Å²) in [4.78, 5) is 36.9. The number of amides is 1. The molecule has 0 saturated carbocycles. The fourth-order valence-corrected chi connectivity index (χ4v) is 3.98. The van der Waals surface area contributed by atoms with Gasteiger partial charge in [0.1, 0.15) is 16.9 Å². The van der Waals surface area contributed by atoms with E-state index in [1.807, 2.05) is 23.1 Å². The van der Waals surface area contributed by atoms with Gasteiger partial charge < -0.3 is 9.80 Å². The van der Waals surface area contributed by atoms with Crippen LogP contribution in [0.25, 0.3) is 0 Å². The fourth-order valence-electron chi connectivity index (χ4n) is 3.08. The molecule has 3 rings (SSSR count). The Morgan fingerprint density at radius 3 is 2.61 bits per heavy atom. The van der Waals surface area contributed by atoms with Gasteiger partial charge in [-0.1, -0.05) is 17.8 Å². The molecule has 1 amide bonds. The third-order valence-corrected chi connectivity index (χ3v) is 5.59. The molecule has 0 radical (unpaired) electrons. The van der Waals surface area contributed by atoms with Crippen LogP contribution in [0.1, 0.15) is 28.5 Å². The van der Waals surface area contributed by atoms with E-state index in [0.29, 0.717) is 34.9 Å². The van der Waals surface area contributed by atoms with E-state index in [0.717, 1.165) is 18.9 Å². The topological polar surface area (TPSA) is 90.2 Å². The van der Waals surface area contributed by atoms with E-state index in [9.17, 15) is 14.9 Å². The molecule has 1 aliphatic heterocycles. The number of pyridine rings is 2. The summed E-state index contributed by atoms with van der Waals surface area (Å²) < 4.78 is 0. The van der Waals surface area contributed by atoms with Crippen molar-refractivity contribution in [1.82, 2.24) is 14.9 Å². The van der Waals surface area contributed by atoms with Gasteiger partial charge in [-0.2, -0.15) is 5.26 Å². The molecule has 8 heteroatoms. The lowest BCUT2D eigenvalue weighted by atomic mass is 10.1. The fraction of sp³-hybridized carbons (Fsp3) is 0.350. The molecule has 0 unspecified atom stereocenters. The minimum absolute atomic E-state index is 0.0182. The second kappa shape index (κ2) is 8.85. The first-order chi connectivity index (χ1) is 13.5. The van der Waals surface area contributed by atoms with Gasteiger partial charge in [0.05, 0.1) is 11.3 Å². The van der Waals surface area contributed by atoms with Crippen molar-refractivity contribution in [2.24, 2.45) is 0 Å². The molecule has 1 aliphatic rings. The van der Waals surface area contributed by atoms with Gasteiger partial charge in [0.15, 0.2) is 5.78 Å². The van der Waals surface area contributed by atoms with Crippen LogP contribution in [-0.4, -0.2) is 58.5 Å². The number of carbonyl (C=O) groups excluding carboxylic acids is 2. The summed E-state index contributed by atoms with van der Waals surface area (Å²) >= 11 is 1.24. The van der Waals surface area contributed by atoms with Crippen molar-refractivity contribution >= 4 is 29.3 Å². The number of thioether (sulfide) groups is 1. The maximum Gasteiger partial charge on any atom is 0.233 e. The Labute approximate surface area is 168 Å². The summed E-state index contributed by atoms with van der Waals surface area (Å²) in [7, 11) is 0. The molecule has 1 saturated heterocycles. The highest BCUT2D eigenvalue weighted by Crippen LogP contribution is 2.24. The predicted octanol–water partition coefficient (Wildman–Crippen LogP) is 2.30. The monoisotopic (exact) mass is 395 g/mol. The molecule has 3 heterocycles. The second-order valence-corrected chi connectivity index (χ2v) is 7.45. The van der Waals surface area contributed by atoms with Crippen LogP contribution in [0, 0.1) is 18.3 Å². The number of anilines is 1. The summed E-state index contributed by atoms with van der Waals surface area (Å²) in [5.74, 6) is 1.03. The first kappa shape index (κ1) is 19.8. The van der Waals surface area contributed by atoms with Gasteiger partial charge in [-0.15, -0.1) is 0 Å². The van der Waals surface area contributed by atoms with E-state index >= 15 is 0 Å². The molecular formula is C20H21N5O2S. The van der Waals surface area contributed by atoms with Crippen molar-refractivity contribution in [1.29, 1.82) is 5.26 Å². The quantitative estimate of drug-likeness (QED) is 0.567. The SMILES string of the molecule is CC(=O)c1cc(C#N)c(SCC(=O)N2CCN(c3ccccn3)CC2)nc1C. The molecule has 0 spiro atoms. The number of Topliss-reactive ketones (excluding diaryl/α,β-unsaturated/α-hetero) is 1. The lowest BCUT2D eigenvalue weighted by molar-refractivity contribution is -0.128. The highest BCUT2D eigenvalue weighted by molar-refractivity contribution is 8.00. The van der Waals surface area contributed by atoms with Crippen molar-refractivity contribution in [3.05, 3.63) is 47.3 Å². The normalized spacial score (nSPS) is 13.9. The van der Waals surface area contributed by atoms with Crippen LogP contribution in [0.3, 0.4) is 0 Å². The van der Waals surface area contributed by atoms with Gasteiger partial charge in [-0.25, -0.2) is 9.97 Å². The number of hydrogen-bond donors (Lipinski definition) is 0. The summed E-state index contributed by atoms with van der Waals surface area (Å²) in [5.41, 5.74) is 1.34. The third kappa shape index (κ3) is 4.49. The Morgan fingerprint density at radius 1 is 1.25 bits per heavy atom. The Balaban J connectivity index is 1.59. The van der Waals surface area contributed by atoms with Crippen molar-refractivity contribution in [2.75, 3.05) is 36.8 Å². The molecule has 0 bridgehead atoms. The van der Waals surface area contributed by atoms with Crippen LogP contribution in [-0.2, 0) is 4.79 Å². The first-order valence-electron chi connectivity index (χ1n) is 8.99. The zero-order chi connectivity index (χ0) is 20.1. The summed E-state index contributed by atoms with van der Waals surface area (Å²) in [6, 6.07) is 9.44. The largest absolute Gasteiger partial charge is 0.353 e. The van der Waals surface area contributed by atoms with Crippen molar-refractivity contribution < 1.29 is 9.59 Å². The smallest absolute Gasteiger partial charge is 0.233 e. The number of hydrogen-bond acceptors (Lipinski definition) is 7. The number of piperazine rings is 1. The van der Waals surface area contributed by atoms with Crippen molar-refractivity contribution in [3.8, 4) is 6.07 Å². The van der Waals surface area contributed by atoms with E-state index in [2.05, 4.69) is 20.9 Å². The van der Waals surface area contributed by atoms with Gasteiger partial charge >= 0.3 is 0 Å². The van der Waals surface area contributed by atoms with Crippen LogP contribution in [0.15, 0.2) is 35.5 Å². The number of carbonyl (C=O) groups is 2. The van der Waals surface area contributed by atoms with E-state index in [1.54, 1.807) is 19.2 Å². The molecule has 7 nitrogen and oxygen atoms in total. The number of ketones is 1. The molecule has 28 heavy (non-hydrogen) atoms. The van der Waals surface area contributed by atoms with Crippen molar-refractivity contribution in [2.45, 2.75) is 18.9 Å². The molecule has 0 aromatic carbocycles. The summed E-state index contributed by atoms with van der Waals surface area (Å²) in [5, 5.41) is 9.84. The number of nitrogens with zero attached hydrogens (tertiary/aromatic N) is 5. The highest BCUT2D eigenvalue weighted by atomic mass is 32.2. The number of aryl methyl sites for hydroxylation is 1. The molecule has 2 aromatic rings. The molecule has 0 atom stereocenters. The van der Waals surface area contributed by atoms with E-state index < -0.39 is 0 Å². The van der Waals surface area contributed by atoms with Crippen molar-refractivity contribution in [3.63, 3.8) is 0 Å². The molecule has 144 valence electrons. The van der Waals surface area contributed by atoms with E-state index in [-0.39, 0.29) is 17.4 Å². The second-order valence-electron chi connectivity index (χ2n) is 6.49. The average Bonchev–Trinajstić information content (AvgIpc) is 2.72. The Morgan fingerprint density at radius 2 is 2.00 bits per heavy atom. The van der Waals surface area contributed by atoms with Gasteiger partial charge in [0.2, 0.25) is 5.91 Å². The lowest BCUT2D eigenvalue weighted by Crippen LogP contribution is -2.49. The van der Waals surface area contributed by atoms with Crippen LogP contribution in [0.2, 0.25) is 0 Å². The molecule has 0 aliphatic carbocycles. The van der Waals surface area contributed by atoms with Gasteiger partial charge in [0, 0.05) is 43.6 Å². The summed E-state index contributed by atoms with van der Waals surface area (Å²) in [6.07, 6.45) is 1.77. The predicted molar refractivity (Wildman–Crippen MR) is 107 cm³/mol. The molecule has 0 N–H and O–H groups in total. The maximum absolute atomic E-state index is 12.6. The zero-order valence-electron chi connectivity index (χ0n) is 15.9. The zero-order valence-corrected chi connectivity index (χ0v) is 16.7. The van der Waals surface area contributed by atoms with Gasteiger partial charge in [-0.05, 0) is 32.0 Å². The summed E-state index contributed by atoms with van der Waals surface area (Å²) in [6.45, 7) is 5.93. The minimum atomic E-state index is -0.125. The van der Waals surface area contributed by atoms with Crippen LogP contribution in [0.5, 0.6) is 0 Å². The minimum Gasteiger partial charge on any atom is -0.353 e. The average molecular weight is 395 g/mol. The highest BCUT2D eigenvalue weighted by Gasteiger charge is 2.22. The van der Waals surface area contributed by atoms with E-state index in [1.165, 1.54) is 18.7 Å². The molecule has 1 fully saturated rings. The van der Waals surface area contributed by atoms with Gasteiger partial charge in [0.25, 0.3) is 0 Å². The third-order valence-electron chi connectivity index (χ3n) is 4.62. The lowest BCUT2D eigenvalue weighted by Gasteiger charge is -2.35. The standard InChI is InChI=1S/C20H21N5O2S/c1-14-17(15(2)26)11-16(12-21)20(23-14)28-13-19(27)25-9-7-24(8-10-25)18-5-3-4-6-22-18/h3-6,11H,7-10,13H2,1-2H3. The van der Waals surface area contributed by atoms with Crippen LogP contribution in [0.4, 0.5) is 5.82 Å². The first-order valence-corrected chi connectivity index (χ1v) is 9.97. The Hall–Kier alpha value is -2.92. The number of aromatic nitrogens is 2. The Kier molecular flexibility index (Phi) is 6.26. The molecule has 2 aromatic heterocycles. The maximum atomic E-state index is 12.6. The van der Waals surface area contributed by atoms with Crippen LogP contribution >= 0.6 is 11.8 Å². The van der Waals surface area contributed by atoms with Gasteiger partial charge in [-0.3, -0.25) is 9.59 Å². The number of rotatable bonds is 5. The Bertz CT molecular complexity index is 918. The molecular weight excluding hydrogens is 374 g/mol. The van der Waals surface area contributed by atoms with E-state index in [4.69, 9.17) is 0 Å². The number of nitriles is 1.